The summed E-state index contributed by atoms with van der Waals surface area (Å²) in [4.78, 5) is 4.66. The molecule has 0 N–H and O–H groups in total. The van der Waals surface area contributed by atoms with E-state index in [2.05, 4.69) is 56.1 Å². The maximum atomic E-state index is 4.66. The van der Waals surface area contributed by atoms with Crippen LogP contribution < -0.4 is 0 Å². The molecule has 1 aromatic carbocycles. The molecule has 0 atom stereocenters. The molecule has 1 aliphatic carbocycles. The van der Waals surface area contributed by atoms with E-state index < -0.39 is 0 Å². The molecule has 0 aliphatic heterocycles. The van der Waals surface area contributed by atoms with E-state index in [-0.39, 0.29) is 5.41 Å². The standard InChI is InChI=1S/C19H23N/c1-19(2,3)17-10-11-18(20-13-17)16-9-8-14-6-4-5-7-15(14)12-16/h8-13H,4-7H2,1-3H3. The lowest BCUT2D eigenvalue weighted by molar-refractivity contribution is 0.587. The first-order valence-corrected chi connectivity index (χ1v) is 7.63. The van der Waals surface area contributed by atoms with E-state index in [1.807, 2.05) is 6.20 Å². The monoisotopic (exact) mass is 265 g/mol. The molecule has 20 heavy (non-hydrogen) atoms. The molecule has 0 spiro atoms. The number of nitrogens with zero attached hydrogens (tertiary/aromatic N) is 1. The summed E-state index contributed by atoms with van der Waals surface area (Å²) in [5, 5.41) is 0. The van der Waals surface area contributed by atoms with Gasteiger partial charge in [-0.2, -0.15) is 0 Å². The lowest BCUT2D eigenvalue weighted by Crippen LogP contribution is -2.11. The number of aryl methyl sites for hydroxylation is 2. The SMILES string of the molecule is CC(C)(C)c1ccc(-c2ccc3c(c2)CCCC3)nc1. The van der Waals surface area contributed by atoms with Crippen LogP contribution in [0.3, 0.4) is 0 Å². The average molecular weight is 265 g/mol. The highest BCUT2D eigenvalue weighted by molar-refractivity contribution is 5.61. The summed E-state index contributed by atoms with van der Waals surface area (Å²) in [7, 11) is 0. The molecule has 1 aromatic heterocycles. The summed E-state index contributed by atoms with van der Waals surface area (Å²) in [6.07, 6.45) is 7.15. The summed E-state index contributed by atoms with van der Waals surface area (Å²) < 4.78 is 0. The minimum atomic E-state index is 0.168. The Morgan fingerprint density at radius 3 is 2.30 bits per heavy atom. The molecular formula is C19H23N. The minimum absolute atomic E-state index is 0.168. The van der Waals surface area contributed by atoms with E-state index in [9.17, 15) is 0 Å². The van der Waals surface area contributed by atoms with Crippen molar-refractivity contribution >= 4 is 0 Å². The van der Waals surface area contributed by atoms with Crippen molar-refractivity contribution in [2.45, 2.75) is 51.9 Å². The third-order valence-electron chi connectivity index (χ3n) is 4.27. The highest BCUT2D eigenvalue weighted by atomic mass is 14.7. The van der Waals surface area contributed by atoms with E-state index in [4.69, 9.17) is 0 Å². The van der Waals surface area contributed by atoms with Gasteiger partial charge in [-0.15, -0.1) is 0 Å². The van der Waals surface area contributed by atoms with Crippen molar-refractivity contribution in [3.05, 3.63) is 53.2 Å². The van der Waals surface area contributed by atoms with Crippen LogP contribution in [0.15, 0.2) is 36.5 Å². The molecule has 3 rings (SSSR count). The predicted octanol–water partition coefficient (Wildman–Crippen LogP) is 4.92. The summed E-state index contributed by atoms with van der Waals surface area (Å²) in [6.45, 7) is 6.67. The van der Waals surface area contributed by atoms with E-state index in [0.717, 1.165) is 5.69 Å². The molecule has 104 valence electrons. The number of fused-ring (bicyclic) bond motifs is 1. The van der Waals surface area contributed by atoms with E-state index in [0.29, 0.717) is 0 Å². The van der Waals surface area contributed by atoms with Crippen LogP contribution in [-0.4, -0.2) is 4.98 Å². The summed E-state index contributed by atoms with van der Waals surface area (Å²) in [5.74, 6) is 0. The minimum Gasteiger partial charge on any atom is -0.256 e. The fourth-order valence-electron chi connectivity index (χ4n) is 2.90. The smallest absolute Gasteiger partial charge is 0.0702 e. The van der Waals surface area contributed by atoms with Crippen molar-refractivity contribution in [3.8, 4) is 11.3 Å². The number of rotatable bonds is 1. The molecule has 0 saturated carbocycles. The molecule has 0 saturated heterocycles. The summed E-state index contributed by atoms with van der Waals surface area (Å²) in [6, 6.07) is 11.2. The number of pyridine rings is 1. The molecule has 1 nitrogen and oxygen atoms in total. The molecule has 0 bridgehead atoms. The second-order valence-corrected chi connectivity index (χ2v) is 6.87. The van der Waals surface area contributed by atoms with Crippen molar-refractivity contribution in [3.63, 3.8) is 0 Å². The molecule has 2 aromatic rings. The predicted molar refractivity (Wildman–Crippen MR) is 85.0 cm³/mol. The molecule has 1 heterocycles. The van der Waals surface area contributed by atoms with Gasteiger partial charge in [0.05, 0.1) is 5.69 Å². The van der Waals surface area contributed by atoms with Gasteiger partial charge in [0.2, 0.25) is 0 Å². The number of benzene rings is 1. The van der Waals surface area contributed by atoms with E-state index in [1.54, 1.807) is 0 Å². The second kappa shape index (κ2) is 5.05. The second-order valence-electron chi connectivity index (χ2n) is 6.87. The zero-order valence-electron chi connectivity index (χ0n) is 12.7. The number of hydrogen-bond acceptors (Lipinski definition) is 1. The highest BCUT2D eigenvalue weighted by Gasteiger charge is 2.14. The Hall–Kier alpha value is -1.63. The van der Waals surface area contributed by atoms with Gasteiger partial charge in [0, 0.05) is 11.8 Å². The Labute approximate surface area is 122 Å². The summed E-state index contributed by atoms with van der Waals surface area (Å²) in [5.41, 5.74) is 6.86. The first-order chi connectivity index (χ1) is 9.54. The van der Waals surface area contributed by atoms with Gasteiger partial charge in [0.1, 0.15) is 0 Å². The zero-order valence-corrected chi connectivity index (χ0v) is 12.7. The lowest BCUT2D eigenvalue weighted by atomic mass is 9.87. The molecule has 0 fully saturated rings. The largest absolute Gasteiger partial charge is 0.256 e. The topological polar surface area (TPSA) is 12.9 Å². The van der Waals surface area contributed by atoms with Crippen LogP contribution in [-0.2, 0) is 18.3 Å². The molecular weight excluding hydrogens is 242 g/mol. The number of aromatic nitrogens is 1. The summed E-state index contributed by atoms with van der Waals surface area (Å²) >= 11 is 0. The van der Waals surface area contributed by atoms with Crippen molar-refractivity contribution in [2.75, 3.05) is 0 Å². The quantitative estimate of drug-likeness (QED) is 0.713. The Bertz CT molecular complexity index is 603. The van der Waals surface area contributed by atoms with E-state index in [1.165, 1.54) is 47.9 Å². The van der Waals surface area contributed by atoms with Crippen LogP contribution in [0.4, 0.5) is 0 Å². The average Bonchev–Trinajstić information content (AvgIpc) is 2.46. The van der Waals surface area contributed by atoms with Gasteiger partial charge in [0.15, 0.2) is 0 Å². The van der Waals surface area contributed by atoms with Crippen LogP contribution in [0.1, 0.15) is 50.3 Å². The van der Waals surface area contributed by atoms with Gasteiger partial charge in [-0.3, -0.25) is 4.98 Å². The molecule has 0 radical (unpaired) electrons. The van der Waals surface area contributed by atoms with Gasteiger partial charge in [-0.25, -0.2) is 0 Å². The lowest BCUT2D eigenvalue weighted by Gasteiger charge is -2.19. The van der Waals surface area contributed by atoms with Crippen LogP contribution in [0.25, 0.3) is 11.3 Å². The van der Waals surface area contributed by atoms with Gasteiger partial charge in [-0.1, -0.05) is 39.0 Å². The van der Waals surface area contributed by atoms with Crippen LogP contribution in [0.2, 0.25) is 0 Å². The molecule has 0 unspecified atom stereocenters. The Kier molecular flexibility index (Phi) is 3.37. The van der Waals surface area contributed by atoms with Crippen LogP contribution >= 0.6 is 0 Å². The first kappa shape index (κ1) is 13.4. The Morgan fingerprint density at radius 1 is 0.900 bits per heavy atom. The Balaban J connectivity index is 1.93. The van der Waals surface area contributed by atoms with Gasteiger partial charge in [-0.05, 0) is 59.9 Å². The third-order valence-corrected chi connectivity index (χ3v) is 4.27. The van der Waals surface area contributed by atoms with Crippen molar-refractivity contribution < 1.29 is 0 Å². The maximum Gasteiger partial charge on any atom is 0.0702 e. The molecule has 0 amide bonds. The van der Waals surface area contributed by atoms with E-state index >= 15 is 0 Å². The zero-order chi connectivity index (χ0) is 14.2. The first-order valence-electron chi connectivity index (χ1n) is 7.63. The Morgan fingerprint density at radius 2 is 1.65 bits per heavy atom. The van der Waals surface area contributed by atoms with Gasteiger partial charge < -0.3 is 0 Å². The van der Waals surface area contributed by atoms with Gasteiger partial charge >= 0.3 is 0 Å². The van der Waals surface area contributed by atoms with Gasteiger partial charge in [0.25, 0.3) is 0 Å². The van der Waals surface area contributed by atoms with Crippen LogP contribution in [0.5, 0.6) is 0 Å². The van der Waals surface area contributed by atoms with Crippen molar-refractivity contribution in [1.82, 2.24) is 4.98 Å². The molecule has 1 heteroatoms. The maximum absolute atomic E-state index is 4.66. The molecule has 1 aliphatic rings. The van der Waals surface area contributed by atoms with Crippen molar-refractivity contribution in [2.24, 2.45) is 0 Å². The fraction of sp³-hybridized carbons (Fsp3) is 0.421. The number of hydrogen-bond donors (Lipinski definition) is 0. The fourth-order valence-corrected chi connectivity index (χ4v) is 2.90. The highest BCUT2D eigenvalue weighted by Crippen LogP contribution is 2.28. The van der Waals surface area contributed by atoms with Crippen LogP contribution in [0, 0.1) is 0 Å². The van der Waals surface area contributed by atoms with Crippen molar-refractivity contribution in [1.29, 1.82) is 0 Å². The third kappa shape index (κ3) is 2.63. The normalized spacial score (nSPS) is 14.9.